The van der Waals surface area contributed by atoms with Crippen molar-refractivity contribution >= 4 is 17.5 Å². The van der Waals surface area contributed by atoms with Gasteiger partial charge in [0.1, 0.15) is 5.82 Å². The highest BCUT2D eigenvalue weighted by Crippen LogP contribution is 2.52. The second-order valence-corrected chi connectivity index (χ2v) is 9.76. The first-order chi connectivity index (χ1) is 17.1. The van der Waals surface area contributed by atoms with Gasteiger partial charge in [0, 0.05) is 11.6 Å². The number of amides is 1. The quantitative estimate of drug-likeness (QED) is 0.532. The molecule has 3 aromatic rings. The molecule has 0 radical (unpaired) electrons. The molecule has 0 spiro atoms. The number of H-pyrrole nitrogens is 1. The van der Waals surface area contributed by atoms with Crippen molar-refractivity contribution < 1.29 is 23.1 Å². The fourth-order valence-electron chi connectivity index (χ4n) is 4.81. The topological polar surface area (TPSA) is 86.3 Å². The largest absolute Gasteiger partial charge is 0.416 e. The van der Waals surface area contributed by atoms with Crippen LogP contribution in [0.5, 0.6) is 0 Å². The Kier molecular flexibility index (Phi) is 6.16. The number of aryl methyl sites for hydroxylation is 1. The first kappa shape index (κ1) is 24.5. The van der Waals surface area contributed by atoms with Gasteiger partial charge in [-0.3, -0.25) is 9.59 Å². The molecule has 1 saturated carbocycles. The summed E-state index contributed by atoms with van der Waals surface area (Å²) in [7, 11) is 0. The van der Waals surface area contributed by atoms with E-state index in [9.17, 15) is 27.9 Å². The van der Waals surface area contributed by atoms with Crippen molar-refractivity contribution in [2.24, 2.45) is 0 Å². The van der Waals surface area contributed by atoms with Crippen LogP contribution >= 0.6 is 11.6 Å². The molecule has 6 nitrogen and oxygen atoms in total. The first-order valence-electron chi connectivity index (χ1n) is 11.6. The van der Waals surface area contributed by atoms with Crippen molar-refractivity contribution in [3.63, 3.8) is 0 Å². The maximum Gasteiger partial charge on any atom is 0.416 e. The molecule has 0 bridgehead atoms. The standard InChI is InChI=1S/C26H23ClF3N3O3/c27-18-7-2-5-16(13-18)25(9-10-25)24-31-20-8-3-11-33(14-19(20)22(35)32-24)23(36)21(34)15-4-1-6-17(12-15)26(28,29)30/h1-2,4-7,12-13,21,34H,3,8-11,14H2,(H,31,32,35). The molecular formula is C26H23ClF3N3O3. The number of rotatable bonds is 4. The number of carbonyl (C=O) groups is 1. The number of halogens is 4. The van der Waals surface area contributed by atoms with Crippen LogP contribution in [0.25, 0.3) is 0 Å². The molecule has 0 saturated heterocycles. The van der Waals surface area contributed by atoms with Gasteiger partial charge in [-0.15, -0.1) is 0 Å². The van der Waals surface area contributed by atoms with Crippen LogP contribution in [0.4, 0.5) is 13.2 Å². The van der Waals surface area contributed by atoms with E-state index in [2.05, 4.69) is 4.98 Å². The number of alkyl halides is 3. The van der Waals surface area contributed by atoms with E-state index in [-0.39, 0.29) is 24.2 Å². The number of aromatic amines is 1. The minimum Gasteiger partial charge on any atom is -0.378 e. The van der Waals surface area contributed by atoms with Crippen LogP contribution in [-0.4, -0.2) is 32.4 Å². The van der Waals surface area contributed by atoms with Crippen molar-refractivity contribution in [3.05, 3.63) is 97.7 Å². The molecular weight excluding hydrogens is 495 g/mol. The predicted molar refractivity (Wildman–Crippen MR) is 126 cm³/mol. The number of benzene rings is 2. The lowest BCUT2D eigenvalue weighted by molar-refractivity contribution is -0.142. The van der Waals surface area contributed by atoms with Crippen LogP contribution in [0, 0.1) is 0 Å². The lowest BCUT2D eigenvalue weighted by Gasteiger charge is -2.24. The van der Waals surface area contributed by atoms with E-state index in [0.717, 1.165) is 36.6 Å². The van der Waals surface area contributed by atoms with Gasteiger partial charge in [-0.1, -0.05) is 35.9 Å². The van der Waals surface area contributed by atoms with Gasteiger partial charge in [0.15, 0.2) is 6.10 Å². The van der Waals surface area contributed by atoms with Gasteiger partial charge in [0.05, 0.1) is 28.8 Å². The average Bonchev–Trinajstić information content (AvgIpc) is 3.67. The van der Waals surface area contributed by atoms with E-state index < -0.39 is 29.2 Å². The summed E-state index contributed by atoms with van der Waals surface area (Å²) in [6.07, 6.45) is -3.78. The monoisotopic (exact) mass is 517 g/mol. The van der Waals surface area contributed by atoms with E-state index in [0.29, 0.717) is 34.9 Å². The fourth-order valence-corrected chi connectivity index (χ4v) is 5.00. The first-order valence-corrected chi connectivity index (χ1v) is 12.0. The second kappa shape index (κ2) is 9.05. The van der Waals surface area contributed by atoms with Crippen molar-refractivity contribution in [1.29, 1.82) is 0 Å². The Labute approximate surface area is 209 Å². The van der Waals surface area contributed by atoms with E-state index in [1.807, 2.05) is 18.2 Å². The summed E-state index contributed by atoms with van der Waals surface area (Å²) < 4.78 is 39.2. The van der Waals surface area contributed by atoms with Gasteiger partial charge < -0.3 is 15.0 Å². The Morgan fingerprint density at radius 2 is 1.92 bits per heavy atom. The Hall–Kier alpha value is -3.17. The summed E-state index contributed by atoms with van der Waals surface area (Å²) in [5.41, 5.74) is 0.0207. The molecule has 1 atom stereocenters. The van der Waals surface area contributed by atoms with Crippen LogP contribution in [0.3, 0.4) is 0 Å². The van der Waals surface area contributed by atoms with Crippen LogP contribution in [0.1, 0.15) is 59.1 Å². The van der Waals surface area contributed by atoms with Gasteiger partial charge in [-0.2, -0.15) is 13.2 Å². The summed E-state index contributed by atoms with van der Waals surface area (Å²) in [5.74, 6) is -0.194. The number of nitrogens with zero attached hydrogens (tertiary/aromatic N) is 2. The molecule has 2 aliphatic rings. The zero-order valence-corrected chi connectivity index (χ0v) is 19.9. The SMILES string of the molecule is O=C(C(O)c1cccc(C(F)(F)F)c1)N1CCCc2nc(C3(c4cccc(Cl)c4)CC3)[nH]c(=O)c2C1. The van der Waals surface area contributed by atoms with Crippen LogP contribution < -0.4 is 5.56 Å². The second-order valence-electron chi connectivity index (χ2n) is 9.32. The molecule has 10 heteroatoms. The van der Waals surface area contributed by atoms with E-state index in [1.54, 1.807) is 6.07 Å². The fraction of sp³-hybridized carbons (Fsp3) is 0.346. The van der Waals surface area contributed by atoms with Crippen LogP contribution in [0.15, 0.2) is 53.3 Å². The Morgan fingerprint density at radius 1 is 1.17 bits per heavy atom. The molecule has 5 rings (SSSR count). The molecule has 1 aromatic heterocycles. The number of aliphatic hydroxyl groups excluding tert-OH is 1. The summed E-state index contributed by atoms with van der Waals surface area (Å²) in [5, 5.41) is 11.2. The molecule has 2 aromatic carbocycles. The molecule has 1 aliphatic carbocycles. The lowest BCUT2D eigenvalue weighted by Crippen LogP contribution is -2.36. The van der Waals surface area contributed by atoms with Gasteiger partial charge in [-0.25, -0.2) is 4.98 Å². The Bertz CT molecular complexity index is 1380. The maximum atomic E-state index is 13.1. The van der Waals surface area contributed by atoms with Gasteiger partial charge in [0.2, 0.25) is 0 Å². The third-order valence-electron chi connectivity index (χ3n) is 6.95. The maximum absolute atomic E-state index is 13.1. The molecule has 1 amide bonds. The third-order valence-corrected chi connectivity index (χ3v) is 7.18. The zero-order chi connectivity index (χ0) is 25.7. The highest BCUT2D eigenvalue weighted by molar-refractivity contribution is 6.30. The molecule has 1 fully saturated rings. The van der Waals surface area contributed by atoms with Crippen molar-refractivity contribution in [1.82, 2.24) is 14.9 Å². The normalized spacial score (nSPS) is 17.8. The van der Waals surface area contributed by atoms with Crippen LogP contribution in [-0.2, 0) is 29.4 Å². The van der Waals surface area contributed by atoms with Crippen molar-refractivity contribution in [2.45, 2.75) is 49.9 Å². The molecule has 188 valence electrons. The Morgan fingerprint density at radius 3 is 2.61 bits per heavy atom. The van der Waals surface area contributed by atoms with Gasteiger partial charge >= 0.3 is 6.18 Å². The van der Waals surface area contributed by atoms with E-state index in [4.69, 9.17) is 16.6 Å². The number of aromatic nitrogens is 2. The minimum atomic E-state index is -4.60. The smallest absolute Gasteiger partial charge is 0.378 e. The number of hydrogen-bond acceptors (Lipinski definition) is 4. The van der Waals surface area contributed by atoms with Crippen molar-refractivity contribution in [2.75, 3.05) is 6.54 Å². The summed E-state index contributed by atoms with van der Waals surface area (Å²) in [6, 6.07) is 11.5. The summed E-state index contributed by atoms with van der Waals surface area (Å²) in [4.78, 5) is 35.1. The van der Waals surface area contributed by atoms with Crippen LogP contribution in [0.2, 0.25) is 5.02 Å². The number of aliphatic hydroxyl groups is 1. The van der Waals surface area contributed by atoms with Gasteiger partial charge in [0.25, 0.3) is 11.5 Å². The molecule has 36 heavy (non-hydrogen) atoms. The highest BCUT2D eigenvalue weighted by atomic mass is 35.5. The van der Waals surface area contributed by atoms with E-state index in [1.165, 1.54) is 11.0 Å². The predicted octanol–water partition coefficient (Wildman–Crippen LogP) is 4.53. The number of carbonyl (C=O) groups excluding carboxylic acids is 1. The molecule has 2 heterocycles. The summed E-state index contributed by atoms with van der Waals surface area (Å²) in [6.45, 7) is 0.149. The van der Waals surface area contributed by atoms with Crippen molar-refractivity contribution in [3.8, 4) is 0 Å². The number of hydrogen-bond donors (Lipinski definition) is 2. The number of fused-ring (bicyclic) bond motifs is 1. The Balaban J connectivity index is 1.41. The lowest BCUT2D eigenvalue weighted by atomic mass is 9.94. The third kappa shape index (κ3) is 4.53. The van der Waals surface area contributed by atoms with Gasteiger partial charge in [-0.05, 0) is 61.1 Å². The highest BCUT2D eigenvalue weighted by Gasteiger charge is 2.49. The molecule has 1 unspecified atom stereocenters. The van der Waals surface area contributed by atoms with E-state index >= 15 is 0 Å². The zero-order valence-electron chi connectivity index (χ0n) is 19.1. The minimum absolute atomic E-state index is 0.0863. The average molecular weight is 518 g/mol. The molecule has 1 aliphatic heterocycles. The molecule has 2 N–H and O–H groups in total. The summed E-state index contributed by atoms with van der Waals surface area (Å²) >= 11 is 6.17. The number of nitrogens with one attached hydrogen (secondary N) is 1.